The van der Waals surface area contributed by atoms with Crippen LogP contribution in [0.3, 0.4) is 0 Å². The van der Waals surface area contributed by atoms with E-state index in [9.17, 15) is 4.79 Å². The molecule has 0 spiro atoms. The van der Waals surface area contributed by atoms with E-state index < -0.39 is 0 Å². The largest absolute Gasteiger partial charge is 0.383 e. The summed E-state index contributed by atoms with van der Waals surface area (Å²) in [6, 6.07) is 0. The highest BCUT2D eigenvalue weighted by Gasteiger charge is 2.20. The quantitative estimate of drug-likeness (QED) is 0.197. The van der Waals surface area contributed by atoms with E-state index in [4.69, 9.17) is 9.73 Å². The van der Waals surface area contributed by atoms with E-state index in [1.54, 1.807) is 7.11 Å². The van der Waals surface area contributed by atoms with Gasteiger partial charge >= 0.3 is 0 Å². The van der Waals surface area contributed by atoms with Gasteiger partial charge in [-0.05, 0) is 19.3 Å². The van der Waals surface area contributed by atoms with Gasteiger partial charge in [0, 0.05) is 52.9 Å². The highest BCUT2D eigenvalue weighted by molar-refractivity contribution is 14.0. The third kappa shape index (κ3) is 12.5. The lowest BCUT2D eigenvalue weighted by Crippen LogP contribution is -2.54. The predicted molar refractivity (Wildman–Crippen MR) is 123 cm³/mol. The van der Waals surface area contributed by atoms with E-state index in [1.807, 2.05) is 0 Å². The minimum atomic E-state index is 0. The van der Waals surface area contributed by atoms with Crippen LogP contribution in [0.5, 0.6) is 0 Å². The zero-order chi connectivity index (χ0) is 19.2. The maximum absolute atomic E-state index is 11.9. The number of ether oxygens (including phenoxy) is 1. The molecule has 0 unspecified atom stereocenters. The molecule has 0 atom stereocenters. The first-order chi connectivity index (χ1) is 12.6. The van der Waals surface area contributed by atoms with Crippen LogP contribution in [-0.2, 0) is 9.53 Å². The van der Waals surface area contributed by atoms with Gasteiger partial charge in [0.15, 0.2) is 5.96 Å². The Kier molecular flexibility index (Phi) is 16.0. The Morgan fingerprint density at radius 2 is 1.85 bits per heavy atom. The minimum Gasteiger partial charge on any atom is -0.383 e. The Bertz CT molecular complexity index is 413. The second kappa shape index (κ2) is 16.4. The van der Waals surface area contributed by atoms with Gasteiger partial charge in [-0.3, -0.25) is 14.7 Å². The molecule has 0 aromatic rings. The monoisotopic (exact) mass is 497 g/mol. The molecule has 1 saturated heterocycles. The Hall–Kier alpha value is -0.610. The number of hydrogen-bond donors (Lipinski definition) is 2. The summed E-state index contributed by atoms with van der Waals surface area (Å²) in [5.41, 5.74) is 0. The van der Waals surface area contributed by atoms with Crippen LogP contribution in [-0.4, -0.2) is 87.7 Å². The van der Waals surface area contributed by atoms with Crippen molar-refractivity contribution in [2.45, 2.75) is 40.0 Å². The van der Waals surface area contributed by atoms with E-state index in [-0.39, 0.29) is 29.9 Å². The molecule has 1 fully saturated rings. The average Bonchev–Trinajstić information content (AvgIpc) is 2.61. The van der Waals surface area contributed by atoms with Crippen LogP contribution < -0.4 is 10.6 Å². The summed E-state index contributed by atoms with van der Waals surface area (Å²) in [5.74, 6) is 1.86. The first kappa shape index (κ1) is 26.4. The van der Waals surface area contributed by atoms with E-state index in [0.29, 0.717) is 19.7 Å². The van der Waals surface area contributed by atoms with Crippen molar-refractivity contribution in [2.75, 3.05) is 66.1 Å². The molecule has 0 aromatic carbocycles. The van der Waals surface area contributed by atoms with E-state index in [2.05, 4.69) is 41.2 Å². The van der Waals surface area contributed by atoms with Crippen LogP contribution >= 0.6 is 24.0 Å². The summed E-state index contributed by atoms with van der Waals surface area (Å²) < 4.78 is 4.95. The molecular weight excluding hydrogens is 457 g/mol. The van der Waals surface area contributed by atoms with Crippen LogP contribution in [0.25, 0.3) is 0 Å². The molecule has 1 amide bonds. The second-order valence-electron chi connectivity index (χ2n) is 7.23. The van der Waals surface area contributed by atoms with Crippen molar-refractivity contribution in [1.29, 1.82) is 0 Å². The van der Waals surface area contributed by atoms with Crippen LogP contribution in [0, 0.1) is 5.92 Å². The smallest absolute Gasteiger partial charge is 0.234 e. The van der Waals surface area contributed by atoms with Crippen molar-refractivity contribution in [3.8, 4) is 0 Å². The summed E-state index contributed by atoms with van der Waals surface area (Å²) >= 11 is 0. The molecular formula is C19H40IN5O2. The zero-order valence-electron chi connectivity index (χ0n) is 17.6. The first-order valence-electron chi connectivity index (χ1n) is 10.1. The number of amides is 1. The fraction of sp³-hybridized carbons (Fsp3) is 0.895. The first-order valence-corrected chi connectivity index (χ1v) is 10.1. The Morgan fingerprint density at radius 1 is 1.15 bits per heavy atom. The Morgan fingerprint density at radius 3 is 2.44 bits per heavy atom. The van der Waals surface area contributed by atoms with Crippen molar-refractivity contribution in [3.05, 3.63) is 0 Å². The number of aliphatic imine (C=N–C) groups is 1. The second-order valence-corrected chi connectivity index (χ2v) is 7.23. The number of carbonyl (C=O) groups is 1. The molecule has 2 N–H and O–H groups in total. The molecule has 7 nitrogen and oxygen atoms in total. The summed E-state index contributed by atoms with van der Waals surface area (Å²) in [5, 5.41) is 6.28. The van der Waals surface area contributed by atoms with Crippen LogP contribution in [0.15, 0.2) is 4.99 Å². The van der Waals surface area contributed by atoms with Crippen LogP contribution in [0.1, 0.15) is 40.0 Å². The van der Waals surface area contributed by atoms with E-state index >= 15 is 0 Å². The average molecular weight is 497 g/mol. The number of carbonyl (C=O) groups excluding carboxylic acids is 1. The van der Waals surface area contributed by atoms with Gasteiger partial charge < -0.3 is 20.3 Å². The number of hydrogen-bond acceptors (Lipinski definition) is 4. The van der Waals surface area contributed by atoms with Crippen molar-refractivity contribution in [1.82, 2.24) is 20.4 Å². The molecule has 0 radical (unpaired) electrons. The molecule has 1 rings (SSSR count). The number of piperazine rings is 1. The van der Waals surface area contributed by atoms with E-state index in [1.165, 1.54) is 12.8 Å². The Balaban J connectivity index is 0.00000676. The molecule has 1 aliphatic heterocycles. The highest BCUT2D eigenvalue weighted by atomic mass is 127. The zero-order valence-corrected chi connectivity index (χ0v) is 20.0. The molecule has 160 valence electrons. The maximum Gasteiger partial charge on any atom is 0.234 e. The number of rotatable bonds is 11. The van der Waals surface area contributed by atoms with Crippen molar-refractivity contribution < 1.29 is 9.53 Å². The number of guanidine groups is 1. The van der Waals surface area contributed by atoms with Crippen LogP contribution in [0.4, 0.5) is 0 Å². The normalized spacial score (nSPS) is 15.6. The van der Waals surface area contributed by atoms with Crippen LogP contribution in [0.2, 0.25) is 0 Å². The van der Waals surface area contributed by atoms with Gasteiger partial charge in [0.1, 0.15) is 0 Å². The maximum atomic E-state index is 11.9. The number of methoxy groups -OCH3 is 1. The van der Waals surface area contributed by atoms with E-state index in [0.717, 1.165) is 57.6 Å². The van der Waals surface area contributed by atoms with Crippen molar-refractivity contribution >= 4 is 35.8 Å². The molecule has 8 heteroatoms. The molecule has 0 aromatic heterocycles. The summed E-state index contributed by atoms with van der Waals surface area (Å²) in [7, 11) is 1.64. The lowest BCUT2D eigenvalue weighted by atomic mass is 10.1. The van der Waals surface area contributed by atoms with Gasteiger partial charge in [0.25, 0.3) is 0 Å². The number of nitrogens with one attached hydrogen (secondary N) is 2. The molecule has 1 aliphatic rings. The third-order valence-electron chi connectivity index (χ3n) is 4.45. The summed E-state index contributed by atoms with van der Waals surface area (Å²) in [6.07, 6.45) is 3.67. The predicted octanol–water partition coefficient (Wildman–Crippen LogP) is 1.78. The van der Waals surface area contributed by atoms with Gasteiger partial charge in [0.2, 0.25) is 5.91 Å². The molecule has 1 heterocycles. The molecule has 0 saturated carbocycles. The minimum absolute atomic E-state index is 0. The SMILES string of the molecule is CCNC(=NCCCCC(C)C)N1CCN(CC(=O)NCCOC)CC1.I. The molecule has 27 heavy (non-hydrogen) atoms. The van der Waals surface area contributed by atoms with Crippen molar-refractivity contribution in [2.24, 2.45) is 10.9 Å². The van der Waals surface area contributed by atoms with Gasteiger partial charge in [-0.25, -0.2) is 0 Å². The van der Waals surface area contributed by atoms with Gasteiger partial charge in [-0.15, -0.1) is 24.0 Å². The molecule has 0 aliphatic carbocycles. The van der Waals surface area contributed by atoms with Gasteiger partial charge in [0.05, 0.1) is 13.2 Å². The number of unbranched alkanes of at least 4 members (excludes halogenated alkanes) is 1. The fourth-order valence-electron chi connectivity index (χ4n) is 2.94. The number of nitrogens with zero attached hydrogens (tertiary/aromatic N) is 3. The standard InChI is InChI=1S/C19H39N5O2.HI/c1-5-20-19(22-9-7-6-8-17(2)3)24-13-11-23(12-14-24)16-18(25)21-10-15-26-4;/h17H,5-16H2,1-4H3,(H,20,22)(H,21,25);1H. The lowest BCUT2D eigenvalue weighted by molar-refractivity contribution is -0.122. The molecule has 0 bridgehead atoms. The summed E-state index contributed by atoms with van der Waals surface area (Å²) in [4.78, 5) is 21.2. The lowest BCUT2D eigenvalue weighted by Gasteiger charge is -2.36. The number of halogens is 1. The summed E-state index contributed by atoms with van der Waals surface area (Å²) in [6.45, 7) is 13.6. The topological polar surface area (TPSA) is 69.2 Å². The highest BCUT2D eigenvalue weighted by Crippen LogP contribution is 2.07. The van der Waals surface area contributed by atoms with Gasteiger partial charge in [-0.1, -0.05) is 26.7 Å². The fourth-order valence-corrected chi connectivity index (χ4v) is 2.94. The van der Waals surface area contributed by atoms with Crippen molar-refractivity contribution in [3.63, 3.8) is 0 Å². The van der Waals surface area contributed by atoms with Gasteiger partial charge in [-0.2, -0.15) is 0 Å². The Labute approximate surface area is 182 Å². The third-order valence-corrected chi connectivity index (χ3v) is 4.45.